The molecule has 9 heteroatoms. The van der Waals surface area contributed by atoms with Crippen LogP contribution in [-0.2, 0) is 4.74 Å². The van der Waals surface area contributed by atoms with Crippen molar-refractivity contribution in [2.45, 2.75) is 32.6 Å². The van der Waals surface area contributed by atoms with Gasteiger partial charge in [0.1, 0.15) is 11.4 Å². The summed E-state index contributed by atoms with van der Waals surface area (Å²) >= 11 is 0. The number of benzene rings is 1. The molecule has 2 fully saturated rings. The largest absolute Gasteiger partial charge is 0.409 e. The molecule has 1 saturated heterocycles. The topological polar surface area (TPSA) is 112 Å². The van der Waals surface area contributed by atoms with Gasteiger partial charge in [-0.05, 0) is 31.4 Å². The number of morpholine rings is 1. The summed E-state index contributed by atoms with van der Waals surface area (Å²) in [5, 5.41) is 12.4. The number of nitrogens with zero attached hydrogens (tertiary/aromatic N) is 6. The Hall–Kier alpha value is -3.04. The highest BCUT2D eigenvalue weighted by atomic mass is 16.5. The predicted molar refractivity (Wildman–Crippen MR) is 135 cm³/mol. The minimum atomic E-state index is -0.158. The van der Waals surface area contributed by atoms with Crippen LogP contribution in [0.25, 0.3) is 11.3 Å². The molecule has 0 spiro atoms. The Labute approximate surface area is 201 Å². The average molecular weight is 466 g/mol. The lowest BCUT2D eigenvalue weighted by molar-refractivity contribution is 0.0374. The summed E-state index contributed by atoms with van der Waals surface area (Å²) in [5.74, 6) is 1.78. The van der Waals surface area contributed by atoms with Crippen LogP contribution in [0.15, 0.2) is 40.5 Å². The second kappa shape index (κ2) is 11.4. The van der Waals surface area contributed by atoms with Crippen LogP contribution in [0.2, 0.25) is 0 Å². The lowest BCUT2D eigenvalue weighted by Crippen LogP contribution is -2.46. The first kappa shape index (κ1) is 24.1. The predicted octanol–water partition coefficient (Wildman–Crippen LogP) is 3.49. The molecule has 0 amide bonds. The van der Waals surface area contributed by atoms with Crippen LogP contribution in [0.4, 0.5) is 11.5 Å². The maximum Gasteiger partial charge on any atom is 0.208 e. The highest BCUT2D eigenvalue weighted by molar-refractivity contribution is 5.96. The molecule has 1 aromatic heterocycles. The number of oxime groups is 1. The van der Waals surface area contributed by atoms with E-state index in [1.807, 2.05) is 30.3 Å². The van der Waals surface area contributed by atoms with Crippen molar-refractivity contribution in [2.75, 3.05) is 44.4 Å². The standard InChI is InChI=1S/C25H35N7O2/c1-18-8-10-19(11-9-18)16-32(17-31-12-14-34-15-13-31)22-21(20-6-4-3-5-7-20)28-25(23(26)30-33)29-24(22)27-2/h3-7,18-19,33H,2,8-17H2,1H3,(H2,26,30). The van der Waals surface area contributed by atoms with Crippen molar-refractivity contribution in [1.29, 1.82) is 0 Å². The molecule has 1 aliphatic heterocycles. The van der Waals surface area contributed by atoms with Crippen molar-refractivity contribution >= 4 is 24.1 Å². The fourth-order valence-electron chi connectivity index (χ4n) is 4.83. The average Bonchev–Trinajstić information content (AvgIpc) is 2.89. The van der Waals surface area contributed by atoms with E-state index in [1.54, 1.807) is 0 Å². The zero-order chi connectivity index (χ0) is 23.9. The summed E-state index contributed by atoms with van der Waals surface area (Å²) in [6.07, 6.45) is 4.93. The Balaban J connectivity index is 1.79. The molecule has 1 aliphatic carbocycles. The molecule has 9 nitrogen and oxygen atoms in total. The Kier molecular flexibility index (Phi) is 8.08. The van der Waals surface area contributed by atoms with Crippen LogP contribution in [0.1, 0.15) is 38.4 Å². The highest BCUT2D eigenvalue weighted by Crippen LogP contribution is 2.38. The smallest absolute Gasteiger partial charge is 0.208 e. The van der Waals surface area contributed by atoms with E-state index in [9.17, 15) is 5.21 Å². The highest BCUT2D eigenvalue weighted by Gasteiger charge is 2.28. The molecular formula is C25H35N7O2. The van der Waals surface area contributed by atoms with E-state index in [0.29, 0.717) is 17.4 Å². The molecule has 0 radical (unpaired) electrons. The van der Waals surface area contributed by atoms with Crippen LogP contribution in [-0.4, -0.2) is 72.1 Å². The van der Waals surface area contributed by atoms with Gasteiger partial charge < -0.3 is 20.6 Å². The summed E-state index contributed by atoms with van der Waals surface area (Å²) in [4.78, 5) is 18.3. The van der Waals surface area contributed by atoms with Gasteiger partial charge in [0.2, 0.25) is 11.7 Å². The second-order valence-corrected chi connectivity index (χ2v) is 9.30. The first-order valence-electron chi connectivity index (χ1n) is 12.1. The summed E-state index contributed by atoms with van der Waals surface area (Å²) < 4.78 is 5.58. The van der Waals surface area contributed by atoms with Crippen molar-refractivity contribution in [1.82, 2.24) is 14.9 Å². The molecule has 1 saturated carbocycles. The lowest BCUT2D eigenvalue weighted by atomic mass is 9.83. The molecule has 0 unspecified atom stereocenters. The third-order valence-electron chi connectivity index (χ3n) is 6.80. The van der Waals surface area contributed by atoms with E-state index in [0.717, 1.165) is 56.7 Å². The van der Waals surface area contributed by atoms with Gasteiger partial charge in [0, 0.05) is 25.2 Å². The Morgan fingerprint density at radius 2 is 1.88 bits per heavy atom. The van der Waals surface area contributed by atoms with Gasteiger partial charge in [-0.2, -0.15) is 0 Å². The van der Waals surface area contributed by atoms with Crippen molar-refractivity contribution in [3.63, 3.8) is 0 Å². The monoisotopic (exact) mass is 465 g/mol. The lowest BCUT2D eigenvalue weighted by Gasteiger charge is -2.38. The Morgan fingerprint density at radius 1 is 1.18 bits per heavy atom. The van der Waals surface area contributed by atoms with E-state index in [2.05, 4.69) is 38.6 Å². The SMILES string of the molecule is C=Nc1nc(/C(N)=N/O)nc(-c2ccccc2)c1N(CC1CCC(C)CC1)CN1CCOCC1. The molecule has 34 heavy (non-hydrogen) atoms. The summed E-state index contributed by atoms with van der Waals surface area (Å²) in [5.41, 5.74) is 8.34. The maximum absolute atomic E-state index is 9.25. The van der Waals surface area contributed by atoms with Gasteiger partial charge in [-0.3, -0.25) is 4.90 Å². The molecule has 1 aromatic carbocycles. The Bertz CT molecular complexity index is 984. The zero-order valence-electron chi connectivity index (χ0n) is 19.9. The molecule has 2 aromatic rings. The maximum atomic E-state index is 9.25. The molecule has 2 aliphatic rings. The first-order valence-corrected chi connectivity index (χ1v) is 12.1. The number of aliphatic imine (C=N–C) groups is 1. The van der Waals surface area contributed by atoms with Crippen molar-refractivity contribution in [2.24, 2.45) is 27.7 Å². The van der Waals surface area contributed by atoms with Gasteiger partial charge in [0.25, 0.3) is 0 Å². The number of aromatic nitrogens is 2. The van der Waals surface area contributed by atoms with Crippen LogP contribution in [0.3, 0.4) is 0 Å². The fourth-order valence-corrected chi connectivity index (χ4v) is 4.83. The molecule has 4 rings (SSSR count). The van der Waals surface area contributed by atoms with Crippen LogP contribution < -0.4 is 10.6 Å². The molecule has 0 bridgehead atoms. The van der Waals surface area contributed by atoms with Crippen molar-refractivity contribution in [3.8, 4) is 11.3 Å². The quantitative estimate of drug-likeness (QED) is 0.266. The number of hydrogen-bond acceptors (Lipinski definition) is 8. The van der Waals surface area contributed by atoms with Crippen LogP contribution in [0, 0.1) is 11.8 Å². The second-order valence-electron chi connectivity index (χ2n) is 9.30. The molecule has 0 atom stereocenters. The number of nitrogens with two attached hydrogens (primary N) is 1. The third kappa shape index (κ3) is 5.71. The number of amidine groups is 1. The molecule has 3 N–H and O–H groups in total. The van der Waals surface area contributed by atoms with Crippen molar-refractivity contribution < 1.29 is 9.94 Å². The number of rotatable bonds is 8. The van der Waals surface area contributed by atoms with Crippen LogP contribution in [0.5, 0.6) is 0 Å². The van der Waals surface area contributed by atoms with Crippen molar-refractivity contribution in [3.05, 3.63) is 36.2 Å². The van der Waals surface area contributed by atoms with E-state index in [4.69, 9.17) is 15.5 Å². The summed E-state index contributed by atoms with van der Waals surface area (Å²) in [6, 6.07) is 9.92. The zero-order valence-corrected chi connectivity index (χ0v) is 19.9. The van der Waals surface area contributed by atoms with E-state index in [-0.39, 0.29) is 11.7 Å². The van der Waals surface area contributed by atoms with E-state index >= 15 is 0 Å². The number of hydrogen-bond donors (Lipinski definition) is 2. The molecular weight excluding hydrogens is 430 g/mol. The minimum absolute atomic E-state index is 0.130. The van der Waals surface area contributed by atoms with Gasteiger partial charge >= 0.3 is 0 Å². The summed E-state index contributed by atoms with van der Waals surface area (Å²) in [6.45, 7) is 11.0. The van der Waals surface area contributed by atoms with Gasteiger partial charge in [-0.1, -0.05) is 55.3 Å². The first-order chi connectivity index (χ1) is 16.6. The van der Waals surface area contributed by atoms with E-state index in [1.165, 1.54) is 25.7 Å². The van der Waals surface area contributed by atoms with Crippen LogP contribution >= 0.6 is 0 Å². The fraction of sp³-hybridized carbons (Fsp3) is 0.520. The Morgan fingerprint density at radius 3 is 2.53 bits per heavy atom. The van der Waals surface area contributed by atoms with Gasteiger partial charge in [0.05, 0.1) is 19.9 Å². The third-order valence-corrected chi connectivity index (χ3v) is 6.80. The molecule has 182 valence electrons. The number of anilines is 1. The van der Waals surface area contributed by atoms with Gasteiger partial charge in [0.15, 0.2) is 5.82 Å². The van der Waals surface area contributed by atoms with E-state index < -0.39 is 0 Å². The summed E-state index contributed by atoms with van der Waals surface area (Å²) in [7, 11) is 0. The van der Waals surface area contributed by atoms with Gasteiger partial charge in [-0.15, -0.1) is 0 Å². The van der Waals surface area contributed by atoms with Gasteiger partial charge in [-0.25, -0.2) is 15.0 Å². The molecule has 2 heterocycles. The normalized spacial score (nSPS) is 21.9. The minimum Gasteiger partial charge on any atom is -0.409 e. The number of ether oxygens (including phenoxy) is 1.